The summed E-state index contributed by atoms with van der Waals surface area (Å²) < 4.78 is 0.353. The van der Waals surface area contributed by atoms with Crippen LogP contribution in [0.25, 0.3) is 0 Å². The van der Waals surface area contributed by atoms with Crippen LogP contribution in [0, 0.1) is 17.3 Å². The topological polar surface area (TPSA) is 52.6 Å². The van der Waals surface area contributed by atoms with Crippen molar-refractivity contribution in [1.82, 2.24) is 10.2 Å². The summed E-state index contributed by atoms with van der Waals surface area (Å²) in [6.45, 7) is 4.08. The maximum atomic E-state index is 12.6. The molecule has 4 saturated carbocycles. The number of amides is 1. The van der Waals surface area contributed by atoms with Crippen molar-refractivity contribution in [3.63, 3.8) is 0 Å². The molecule has 1 heterocycles. The van der Waals surface area contributed by atoms with E-state index in [1.54, 1.807) is 0 Å². The first-order valence-corrected chi connectivity index (χ1v) is 11.0. The minimum Gasteiger partial charge on any atom is -0.392 e. The maximum Gasteiger partial charge on any atom is 0.234 e. The molecule has 0 aromatic rings. The number of halogens is 1. The molecule has 4 bridgehead atoms. The van der Waals surface area contributed by atoms with Crippen LogP contribution in [0.1, 0.15) is 64.7 Å². The highest BCUT2D eigenvalue weighted by atomic mass is 79.9. The number of carbonyl (C=O) groups excluding carboxylic acids is 1. The molecule has 5 rings (SSSR count). The molecule has 5 aliphatic rings. The van der Waals surface area contributed by atoms with Crippen LogP contribution in [-0.2, 0) is 4.79 Å². The van der Waals surface area contributed by atoms with Crippen molar-refractivity contribution in [1.29, 1.82) is 0 Å². The second kappa shape index (κ2) is 6.79. The molecule has 2 N–H and O–H groups in total. The van der Waals surface area contributed by atoms with Crippen molar-refractivity contribution in [3.8, 4) is 0 Å². The molecule has 0 aromatic carbocycles. The first kappa shape index (κ1) is 18.2. The zero-order chi connectivity index (χ0) is 17.7. The van der Waals surface area contributed by atoms with Gasteiger partial charge in [-0.15, -0.1) is 0 Å². The molecule has 1 amide bonds. The number of likely N-dealkylation sites (tertiary alicyclic amines) is 1. The van der Waals surface area contributed by atoms with Crippen LogP contribution in [0.5, 0.6) is 0 Å². The number of aliphatic hydroxyl groups is 1. The lowest BCUT2D eigenvalue weighted by Crippen LogP contribution is -2.57. The average molecular weight is 413 g/mol. The predicted octanol–water partition coefficient (Wildman–Crippen LogP) is 3.07. The van der Waals surface area contributed by atoms with Gasteiger partial charge in [-0.1, -0.05) is 22.4 Å². The summed E-state index contributed by atoms with van der Waals surface area (Å²) in [7, 11) is 0. The molecule has 1 aliphatic heterocycles. The Kier molecular flexibility index (Phi) is 4.96. The third kappa shape index (κ3) is 3.79. The Morgan fingerprint density at radius 1 is 1.28 bits per heavy atom. The van der Waals surface area contributed by atoms with Crippen molar-refractivity contribution >= 4 is 21.8 Å². The average Bonchev–Trinajstić information content (AvgIpc) is 2.51. The smallest absolute Gasteiger partial charge is 0.234 e. The van der Waals surface area contributed by atoms with Crippen LogP contribution in [0.15, 0.2) is 0 Å². The van der Waals surface area contributed by atoms with Crippen LogP contribution in [0.3, 0.4) is 0 Å². The summed E-state index contributed by atoms with van der Waals surface area (Å²) >= 11 is 4.05. The summed E-state index contributed by atoms with van der Waals surface area (Å²) in [6, 6.07) is 0.143. The van der Waals surface area contributed by atoms with Gasteiger partial charge in [0.25, 0.3) is 0 Å². The number of carbonyl (C=O) groups is 1. The third-order valence-electron chi connectivity index (χ3n) is 7.34. The molecule has 5 fully saturated rings. The minimum absolute atomic E-state index is 0.143. The quantitative estimate of drug-likeness (QED) is 0.682. The Morgan fingerprint density at radius 2 is 2.00 bits per heavy atom. The number of nitrogens with zero attached hydrogens (tertiary/aromatic N) is 1. The van der Waals surface area contributed by atoms with Crippen molar-refractivity contribution in [2.45, 2.75) is 81.2 Å². The molecular weight excluding hydrogens is 380 g/mol. The van der Waals surface area contributed by atoms with Crippen molar-refractivity contribution in [2.24, 2.45) is 17.3 Å². The van der Waals surface area contributed by atoms with E-state index >= 15 is 0 Å². The third-order valence-corrected chi connectivity index (χ3v) is 8.27. The van der Waals surface area contributed by atoms with Gasteiger partial charge < -0.3 is 10.4 Å². The van der Waals surface area contributed by atoms with Gasteiger partial charge in [-0.05, 0) is 82.1 Å². The van der Waals surface area contributed by atoms with Crippen molar-refractivity contribution < 1.29 is 9.90 Å². The van der Waals surface area contributed by atoms with Gasteiger partial charge in [0.1, 0.15) is 0 Å². The lowest BCUT2D eigenvalue weighted by atomic mass is 9.49. The van der Waals surface area contributed by atoms with Gasteiger partial charge in [0.15, 0.2) is 0 Å². The second-order valence-corrected chi connectivity index (χ2v) is 11.3. The first-order chi connectivity index (χ1) is 11.9. The van der Waals surface area contributed by atoms with E-state index in [2.05, 4.69) is 26.1 Å². The molecule has 4 aliphatic carbocycles. The highest BCUT2D eigenvalue weighted by Crippen LogP contribution is 2.64. The van der Waals surface area contributed by atoms with E-state index in [0.29, 0.717) is 16.3 Å². The van der Waals surface area contributed by atoms with E-state index in [1.807, 2.05) is 6.92 Å². The summed E-state index contributed by atoms with van der Waals surface area (Å²) in [6.07, 6.45) is 10.9. The van der Waals surface area contributed by atoms with E-state index in [4.69, 9.17) is 0 Å². The van der Waals surface area contributed by atoms with Gasteiger partial charge in [0.05, 0.1) is 12.6 Å². The zero-order valence-corrected chi connectivity index (χ0v) is 17.1. The van der Waals surface area contributed by atoms with Crippen molar-refractivity contribution in [3.05, 3.63) is 0 Å². The fourth-order valence-corrected chi connectivity index (χ4v) is 8.34. The van der Waals surface area contributed by atoms with Gasteiger partial charge in [0.2, 0.25) is 5.91 Å². The van der Waals surface area contributed by atoms with Crippen LogP contribution >= 0.6 is 15.9 Å². The minimum atomic E-state index is -0.357. The Hall–Kier alpha value is -0.130. The normalized spacial score (nSPS) is 44.7. The summed E-state index contributed by atoms with van der Waals surface area (Å²) in [4.78, 5) is 14.8. The Balaban J connectivity index is 1.33. The second-order valence-electron chi connectivity index (χ2n) is 9.66. The SMILES string of the molecule is C[C@H](O)[C@@H]1CCCCN1CC(=O)NCC12C[C@H]3C[C@@H](CC(Br)(C3)C1)C2. The largest absolute Gasteiger partial charge is 0.392 e. The number of alkyl halides is 1. The summed E-state index contributed by atoms with van der Waals surface area (Å²) in [5.41, 5.74) is 0.328. The fraction of sp³-hybridized carbons (Fsp3) is 0.950. The fourth-order valence-electron chi connectivity index (χ4n) is 6.83. The highest BCUT2D eigenvalue weighted by molar-refractivity contribution is 9.10. The molecule has 142 valence electrons. The molecule has 5 heteroatoms. The summed E-state index contributed by atoms with van der Waals surface area (Å²) in [5.74, 6) is 1.87. The van der Waals surface area contributed by atoms with Gasteiger partial charge >= 0.3 is 0 Å². The molecule has 1 saturated heterocycles. The lowest BCUT2D eigenvalue weighted by molar-refractivity contribution is -0.125. The zero-order valence-electron chi connectivity index (χ0n) is 15.5. The number of hydrogen-bond donors (Lipinski definition) is 2. The first-order valence-electron chi connectivity index (χ1n) is 10.2. The van der Waals surface area contributed by atoms with Crippen LogP contribution < -0.4 is 5.32 Å². The van der Waals surface area contributed by atoms with E-state index in [0.717, 1.165) is 44.2 Å². The lowest BCUT2D eigenvalue weighted by Gasteiger charge is -2.60. The number of rotatable bonds is 5. The predicted molar refractivity (Wildman–Crippen MR) is 103 cm³/mol. The molecule has 0 aromatic heterocycles. The molecule has 25 heavy (non-hydrogen) atoms. The number of hydrogen-bond acceptors (Lipinski definition) is 3. The molecule has 4 atom stereocenters. The Morgan fingerprint density at radius 3 is 2.64 bits per heavy atom. The highest BCUT2D eigenvalue weighted by Gasteiger charge is 2.56. The molecular formula is C20H33BrN2O2. The van der Waals surface area contributed by atoms with Crippen LogP contribution in [0.2, 0.25) is 0 Å². The van der Waals surface area contributed by atoms with Gasteiger partial charge in [-0.3, -0.25) is 9.69 Å². The van der Waals surface area contributed by atoms with E-state index in [9.17, 15) is 9.90 Å². The van der Waals surface area contributed by atoms with E-state index < -0.39 is 0 Å². The number of nitrogens with one attached hydrogen (secondary N) is 1. The summed E-state index contributed by atoms with van der Waals surface area (Å²) in [5, 5.41) is 13.3. The van der Waals surface area contributed by atoms with Gasteiger partial charge in [0, 0.05) is 16.9 Å². The molecule has 0 radical (unpaired) electrons. The number of aliphatic hydroxyl groups excluding tert-OH is 1. The van der Waals surface area contributed by atoms with Crippen LogP contribution in [0.4, 0.5) is 0 Å². The maximum absolute atomic E-state index is 12.6. The van der Waals surface area contributed by atoms with Crippen LogP contribution in [-0.4, -0.2) is 52.0 Å². The van der Waals surface area contributed by atoms with E-state index in [-0.39, 0.29) is 18.1 Å². The standard InChI is InChI=1S/C20H33BrN2O2/c1-14(24)17-4-2-3-5-23(17)11-18(25)22-13-19-7-15-6-16(8-19)10-20(21,9-15)12-19/h14-17,24H,2-13H2,1H3,(H,22,25)/t14-,15+,16+,17-,19?,20?/m0/s1. The monoisotopic (exact) mass is 412 g/mol. The van der Waals surface area contributed by atoms with Crippen molar-refractivity contribution in [2.75, 3.05) is 19.6 Å². The van der Waals surface area contributed by atoms with Gasteiger partial charge in [-0.25, -0.2) is 0 Å². The Labute approximate surface area is 160 Å². The molecule has 0 spiro atoms. The van der Waals surface area contributed by atoms with E-state index in [1.165, 1.54) is 38.5 Å². The Bertz CT molecular complexity index is 510. The van der Waals surface area contributed by atoms with Gasteiger partial charge in [-0.2, -0.15) is 0 Å². The molecule has 0 unspecified atom stereocenters. The molecule has 4 nitrogen and oxygen atoms in total. The number of piperidine rings is 1.